The summed E-state index contributed by atoms with van der Waals surface area (Å²) in [5.74, 6) is 2.25. The fourth-order valence-corrected chi connectivity index (χ4v) is 3.63. The van der Waals surface area contributed by atoms with Gasteiger partial charge in [-0.2, -0.15) is 5.10 Å². The van der Waals surface area contributed by atoms with Gasteiger partial charge in [0.2, 0.25) is 5.88 Å². The van der Waals surface area contributed by atoms with Gasteiger partial charge < -0.3 is 10.1 Å². The third kappa shape index (κ3) is 4.12. The van der Waals surface area contributed by atoms with Crippen molar-refractivity contribution in [2.24, 2.45) is 5.92 Å². The molecular formula is C19H26N5O. The van der Waals surface area contributed by atoms with E-state index < -0.39 is 0 Å². The number of rotatable bonds is 6. The van der Waals surface area contributed by atoms with Crippen molar-refractivity contribution in [3.05, 3.63) is 35.7 Å². The van der Waals surface area contributed by atoms with Crippen molar-refractivity contribution >= 4 is 5.82 Å². The zero-order valence-electron chi connectivity index (χ0n) is 14.8. The quantitative estimate of drug-likeness (QED) is 0.878. The van der Waals surface area contributed by atoms with Gasteiger partial charge in [0, 0.05) is 50.4 Å². The monoisotopic (exact) mass is 340 g/mol. The number of fused-ring (bicyclic) bond motifs is 1. The Bertz CT molecular complexity index is 690. The van der Waals surface area contributed by atoms with Crippen molar-refractivity contribution in [2.75, 3.05) is 13.1 Å². The Morgan fingerprint density at radius 1 is 1.28 bits per heavy atom. The predicted molar refractivity (Wildman–Crippen MR) is 95.9 cm³/mol. The number of aromatic nitrogens is 3. The third-order valence-corrected chi connectivity index (χ3v) is 4.97. The summed E-state index contributed by atoms with van der Waals surface area (Å²) in [6.07, 6.45) is 7.16. The number of hydrogen-bond donors (Lipinski definition) is 1. The number of pyridine rings is 1. The zero-order chi connectivity index (χ0) is 17.1. The van der Waals surface area contributed by atoms with Gasteiger partial charge in [-0.3, -0.25) is 5.32 Å². The van der Waals surface area contributed by atoms with E-state index >= 15 is 0 Å². The molecule has 2 aromatic heterocycles. The summed E-state index contributed by atoms with van der Waals surface area (Å²) < 4.78 is 7.93. The molecule has 0 saturated heterocycles. The topological polar surface area (TPSA) is 66.1 Å². The van der Waals surface area contributed by atoms with Crippen LogP contribution in [-0.2, 0) is 13.1 Å². The predicted octanol–water partition coefficient (Wildman–Crippen LogP) is 2.56. The second-order valence-electron chi connectivity index (χ2n) is 7.19. The lowest BCUT2D eigenvalue weighted by molar-refractivity contribution is 0.201. The van der Waals surface area contributed by atoms with Crippen molar-refractivity contribution in [2.45, 2.75) is 51.8 Å². The summed E-state index contributed by atoms with van der Waals surface area (Å²) in [5.41, 5.74) is 2.22. The summed E-state index contributed by atoms with van der Waals surface area (Å²) in [7, 11) is 0. The van der Waals surface area contributed by atoms with E-state index in [1.54, 1.807) is 0 Å². The minimum absolute atomic E-state index is 0.363. The SMILES string of the molecule is Cc1cc2n(n1)CC(CNCc1ccc(OC3CCCC3)nc1)C[N]2. The van der Waals surface area contributed by atoms with Crippen molar-refractivity contribution in [1.82, 2.24) is 25.4 Å². The number of nitrogens with one attached hydrogen (secondary N) is 1. The number of hydrogen-bond acceptors (Lipinski definition) is 4. The highest BCUT2D eigenvalue weighted by Gasteiger charge is 2.20. The number of ether oxygens (including phenoxy) is 1. The van der Waals surface area contributed by atoms with Gasteiger partial charge >= 0.3 is 0 Å². The molecule has 1 aliphatic carbocycles. The van der Waals surface area contributed by atoms with E-state index in [2.05, 4.69) is 26.8 Å². The Labute approximate surface area is 149 Å². The first-order chi connectivity index (χ1) is 12.3. The smallest absolute Gasteiger partial charge is 0.213 e. The van der Waals surface area contributed by atoms with Crippen LogP contribution in [0.15, 0.2) is 24.4 Å². The first-order valence-corrected chi connectivity index (χ1v) is 9.30. The lowest BCUT2D eigenvalue weighted by Gasteiger charge is -2.23. The van der Waals surface area contributed by atoms with Crippen molar-refractivity contribution in [1.29, 1.82) is 0 Å². The molecule has 4 rings (SSSR count). The highest BCUT2D eigenvalue weighted by molar-refractivity contribution is 5.29. The summed E-state index contributed by atoms with van der Waals surface area (Å²) >= 11 is 0. The average Bonchev–Trinajstić information content (AvgIpc) is 3.24. The molecule has 1 N–H and O–H groups in total. The molecule has 0 aromatic carbocycles. The Morgan fingerprint density at radius 2 is 2.16 bits per heavy atom. The van der Waals surface area contributed by atoms with Gasteiger partial charge in [-0.1, -0.05) is 6.07 Å². The Balaban J connectivity index is 1.22. The highest BCUT2D eigenvalue weighted by atomic mass is 16.5. The van der Waals surface area contributed by atoms with Gasteiger partial charge in [-0.15, -0.1) is 0 Å². The van der Waals surface area contributed by atoms with Gasteiger partial charge in [0.05, 0.1) is 5.69 Å². The maximum atomic E-state index is 5.91. The first-order valence-electron chi connectivity index (χ1n) is 9.30. The van der Waals surface area contributed by atoms with Gasteiger partial charge in [0.25, 0.3) is 0 Å². The molecule has 0 amide bonds. The van der Waals surface area contributed by atoms with Gasteiger partial charge in [0.15, 0.2) is 0 Å². The van der Waals surface area contributed by atoms with E-state index in [4.69, 9.17) is 4.74 Å². The minimum atomic E-state index is 0.363. The average molecular weight is 340 g/mol. The molecule has 6 heteroatoms. The molecule has 25 heavy (non-hydrogen) atoms. The van der Waals surface area contributed by atoms with Crippen LogP contribution in [0.1, 0.15) is 36.9 Å². The summed E-state index contributed by atoms with van der Waals surface area (Å²) in [5, 5.41) is 12.6. The molecule has 133 valence electrons. The molecule has 1 fully saturated rings. The number of nitrogens with zero attached hydrogens (tertiary/aromatic N) is 4. The Kier molecular flexibility index (Phi) is 4.88. The van der Waals surface area contributed by atoms with E-state index in [-0.39, 0.29) is 0 Å². The second-order valence-corrected chi connectivity index (χ2v) is 7.19. The molecule has 2 aliphatic rings. The van der Waals surface area contributed by atoms with Gasteiger partial charge in [-0.05, 0) is 38.2 Å². The van der Waals surface area contributed by atoms with Crippen molar-refractivity contribution in [3.8, 4) is 5.88 Å². The third-order valence-electron chi connectivity index (χ3n) is 4.97. The normalized spacial score (nSPS) is 20.3. The van der Waals surface area contributed by atoms with Crippen LogP contribution in [-0.4, -0.2) is 34.0 Å². The second kappa shape index (κ2) is 7.44. The molecule has 6 nitrogen and oxygen atoms in total. The minimum Gasteiger partial charge on any atom is -0.474 e. The molecule has 0 spiro atoms. The van der Waals surface area contributed by atoms with Crippen LogP contribution in [0.3, 0.4) is 0 Å². The van der Waals surface area contributed by atoms with Crippen LogP contribution >= 0.6 is 0 Å². The summed E-state index contributed by atoms with van der Waals surface area (Å²) in [6, 6.07) is 6.14. The maximum absolute atomic E-state index is 5.91. The van der Waals surface area contributed by atoms with E-state index in [0.717, 1.165) is 56.4 Å². The Morgan fingerprint density at radius 3 is 2.96 bits per heavy atom. The molecule has 0 bridgehead atoms. The molecule has 1 radical (unpaired) electrons. The standard InChI is InChI=1S/C19H26N5O/c1-14-8-18-21-12-16(13-24(18)23-14)10-20-9-15-6-7-19(22-11-15)25-17-4-2-3-5-17/h6-8,11,16-17,20H,2-5,9-10,12-13H2,1H3. The van der Waals surface area contributed by atoms with Crippen LogP contribution in [0.2, 0.25) is 0 Å². The van der Waals surface area contributed by atoms with Crippen molar-refractivity contribution < 1.29 is 4.74 Å². The summed E-state index contributed by atoms with van der Waals surface area (Å²) in [6.45, 7) is 5.57. The molecule has 3 heterocycles. The molecule has 2 aromatic rings. The van der Waals surface area contributed by atoms with Crippen LogP contribution in [0.25, 0.3) is 0 Å². The fourth-order valence-electron chi connectivity index (χ4n) is 3.63. The molecule has 1 unspecified atom stereocenters. The lowest BCUT2D eigenvalue weighted by Crippen LogP contribution is -2.34. The molecule has 1 aliphatic heterocycles. The van der Waals surface area contributed by atoms with E-state index in [1.807, 2.05) is 29.9 Å². The van der Waals surface area contributed by atoms with Crippen LogP contribution in [0, 0.1) is 12.8 Å². The van der Waals surface area contributed by atoms with Crippen molar-refractivity contribution in [3.63, 3.8) is 0 Å². The number of aryl methyl sites for hydroxylation is 1. The van der Waals surface area contributed by atoms with Crippen LogP contribution in [0.5, 0.6) is 5.88 Å². The Hall–Kier alpha value is -2.08. The largest absolute Gasteiger partial charge is 0.474 e. The molecule has 1 atom stereocenters. The maximum Gasteiger partial charge on any atom is 0.213 e. The van der Waals surface area contributed by atoms with Crippen LogP contribution < -0.4 is 15.4 Å². The van der Waals surface area contributed by atoms with E-state index in [9.17, 15) is 0 Å². The lowest BCUT2D eigenvalue weighted by atomic mass is 10.1. The molecule has 1 saturated carbocycles. The summed E-state index contributed by atoms with van der Waals surface area (Å²) in [4.78, 5) is 4.45. The zero-order valence-corrected chi connectivity index (χ0v) is 14.8. The first kappa shape index (κ1) is 16.4. The van der Waals surface area contributed by atoms with Crippen LogP contribution in [0.4, 0.5) is 5.82 Å². The fraction of sp³-hybridized carbons (Fsp3) is 0.579. The van der Waals surface area contributed by atoms with Gasteiger partial charge in [-0.25, -0.2) is 9.67 Å². The van der Waals surface area contributed by atoms with Gasteiger partial charge in [0.1, 0.15) is 11.9 Å². The highest BCUT2D eigenvalue weighted by Crippen LogP contribution is 2.23. The molecular weight excluding hydrogens is 314 g/mol. The van der Waals surface area contributed by atoms with E-state index in [1.165, 1.54) is 18.4 Å². The van der Waals surface area contributed by atoms with E-state index in [0.29, 0.717) is 12.0 Å².